The van der Waals surface area contributed by atoms with E-state index in [1.165, 1.54) is 36.0 Å². The lowest BCUT2D eigenvalue weighted by molar-refractivity contribution is -0.385. The van der Waals surface area contributed by atoms with E-state index in [0.717, 1.165) is 18.6 Å². The van der Waals surface area contributed by atoms with E-state index >= 15 is 0 Å². The Labute approximate surface area is 147 Å². The quantitative estimate of drug-likeness (QED) is 0.276. The summed E-state index contributed by atoms with van der Waals surface area (Å²) in [5, 5.41) is 22.5. The average molecular weight is 358 g/mol. The molecule has 2 aromatic rings. The monoisotopic (exact) mass is 358 g/mol. The van der Waals surface area contributed by atoms with Crippen LogP contribution in [-0.4, -0.2) is 21.4 Å². The van der Waals surface area contributed by atoms with Crippen molar-refractivity contribution in [3.05, 3.63) is 61.7 Å². The van der Waals surface area contributed by atoms with Crippen molar-refractivity contribution in [1.29, 1.82) is 0 Å². The van der Waals surface area contributed by atoms with Crippen molar-refractivity contribution < 1.29 is 14.6 Å². The molecule has 0 bridgehead atoms. The molecule has 0 N–H and O–H groups in total. The van der Waals surface area contributed by atoms with Gasteiger partial charge in [-0.25, -0.2) is 0 Å². The Bertz CT molecular complexity index is 910. The first-order chi connectivity index (χ1) is 11.9. The van der Waals surface area contributed by atoms with Crippen LogP contribution in [0.3, 0.4) is 0 Å². The Kier molecular flexibility index (Phi) is 4.54. The molecular weight excluding hydrogens is 344 g/mol. The van der Waals surface area contributed by atoms with Crippen molar-refractivity contribution in [2.75, 3.05) is 5.75 Å². The number of hydrogen-bond acceptors (Lipinski definition) is 6. The SMILES string of the molecule is CCCCSc1cc2c(c([N+](=O)[O-])c1)-c1ccc([N+](=O)[O-])cc1C2=O. The summed E-state index contributed by atoms with van der Waals surface area (Å²) in [5.74, 6) is 0.397. The van der Waals surface area contributed by atoms with Crippen LogP contribution in [0, 0.1) is 20.2 Å². The van der Waals surface area contributed by atoms with Gasteiger partial charge in [-0.05, 0) is 24.3 Å². The van der Waals surface area contributed by atoms with Gasteiger partial charge in [-0.1, -0.05) is 13.3 Å². The number of nitro groups is 2. The Morgan fingerprint density at radius 3 is 2.40 bits per heavy atom. The van der Waals surface area contributed by atoms with Crippen LogP contribution in [0.2, 0.25) is 0 Å². The van der Waals surface area contributed by atoms with Crippen LogP contribution in [0.1, 0.15) is 35.7 Å². The highest BCUT2D eigenvalue weighted by atomic mass is 32.2. The highest BCUT2D eigenvalue weighted by Crippen LogP contribution is 2.45. The molecule has 7 nitrogen and oxygen atoms in total. The lowest BCUT2D eigenvalue weighted by Crippen LogP contribution is -1.98. The number of thioether (sulfide) groups is 1. The Morgan fingerprint density at radius 2 is 1.76 bits per heavy atom. The molecule has 3 rings (SSSR count). The molecule has 0 aromatic heterocycles. The largest absolute Gasteiger partial charge is 0.289 e. The van der Waals surface area contributed by atoms with Gasteiger partial charge in [0.1, 0.15) is 0 Å². The first kappa shape index (κ1) is 17.1. The summed E-state index contributed by atoms with van der Waals surface area (Å²) in [6.45, 7) is 2.05. The summed E-state index contributed by atoms with van der Waals surface area (Å²) in [5.41, 5.74) is 0.659. The maximum atomic E-state index is 12.7. The number of fused-ring (bicyclic) bond motifs is 3. The van der Waals surface area contributed by atoms with Gasteiger partial charge in [-0.15, -0.1) is 11.8 Å². The highest BCUT2D eigenvalue weighted by molar-refractivity contribution is 7.99. The van der Waals surface area contributed by atoms with Crippen LogP contribution < -0.4 is 0 Å². The van der Waals surface area contributed by atoms with Crippen molar-refractivity contribution in [3.63, 3.8) is 0 Å². The lowest BCUT2D eigenvalue weighted by atomic mass is 10.0. The first-order valence-corrected chi connectivity index (χ1v) is 8.71. The minimum atomic E-state index is -0.586. The van der Waals surface area contributed by atoms with E-state index in [2.05, 4.69) is 6.92 Å². The molecule has 1 aliphatic rings. The third kappa shape index (κ3) is 3.00. The number of carbonyl (C=O) groups is 1. The minimum absolute atomic E-state index is 0.141. The number of non-ortho nitro benzene ring substituents is 1. The summed E-state index contributed by atoms with van der Waals surface area (Å²) in [7, 11) is 0. The molecule has 0 radical (unpaired) electrons. The number of nitrogens with zero attached hydrogens (tertiary/aromatic N) is 2. The number of nitro benzene ring substituents is 2. The van der Waals surface area contributed by atoms with Gasteiger partial charge in [0, 0.05) is 39.8 Å². The number of unbranched alkanes of at least 4 members (excludes halogenated alkanes) is 1. The van der Waals surface area contributed by atoms with E-state index in [4.69, 9.17) is 0 Å². The van der Waals surface area contributed by atoms with E-state index in [-0.39, 0.29) is 28.1 Å². The van der Waals surface area contributed by atoms with Gasteiger partial charge in [0.2, 0.25) is 0 Å². The van der Waals surface area contributed by atoms with Crippen LogP contribution >= 0.6 is 11.8 Å². The lowest BCUT2D eigenvalue weighted by Gasteiger charge is -2.06. The second-order valence-electron chi connectivity index (χ2n) is 5.64. The molecule has 25 heavy (non-hydrogen) atoms. The van der Waals surface area contributed by atoms with Gasteiger partial charge in [-0.2, -0.15) is 0 Å². The first-order valence-electron chi connectivity index (χ1n) is 7.72. The molecule has 0 saturated carbocycles. The van der Waals surface area contributed by atoms with Crippen LogP contribution in [0.15, 0.2) is 35.2 Å². The van der Waals surface area contributed by atoms with Crippen LogP contribution in [-0.2, 0) is 0 Å². The third-order valence-corrected chi connectivity index (χ3v) is 5.09. The number of rotatable bonds is 6. The van der Waals surface area contributed by atoms with Gasteiger partial charge >= 0.3 is 0 Å². The van der Waals surface area contributed by atoms with Gasteiger partial charge in [0.25, 0.3) is 11.4 Å². The smallest absolute Gasteiger partial charge is 0.279 e. The van der Waals surface area contributed by atoms with Crippen LogP contribution in [0.25, 0.3) is 11.1 Å². The Balaban J connectivity index is 2.14. The van der Waals surface area contributed by atoms with Crippen molar-refractivity contribution >= 4 is 28.9 Å². The predicted octanol–water partition coefficient (Wildman–Crippen LogP) is 4.61. The summed E-state index contributed by atoms with van der Waals surface area (Å²) >= 11 is 1.47. The third-order valence-electron chi connectivity index (χ3n) is 4.03. The van der Waals surface area contributed by atoms with Gasteiger partial charge in [0.15, 0.2) is 5.78 Å². The fourth-order valence-electron chi connectivity index (χ4n) is 2.82. The summed E-state index contributed by atoms with van der Waals surface area (Å²) in [6, 6.07) is 6.98. The summed E-state index contributed by atoms with van der Waals surface area (Å²) in [6.07, 6.45) is 1.98. The standard InChI is InChI=1S/C17H14N2O5S/c1-2-3-6-25-11-8-14-16(15(9-11)19(23)24)12-5-4-10(18(21)22)7-13(12)17(14)20/h4-5,7-9H,2-3,6H2,1H3. The molecule has 1 aliphatic carbocycles. The van der Waals surface area contributed by atoms with Crippen molar-refractivity contribution in [2.24, 2.45) is 0 Å². The number of ketones is 1. The molecule has 0 spiro atoms. The zero-order valence-corrected chi connectivity index (χ0v) is 14.2. The second kappa shape index (κ2) is 6.64. The van der Waals surface area contributed by atoms with E-state index in [0.29, 0.717) is 10.5 Å². The Morgan fingerprint density at radius 1 is 1.00 bits per heavy atom. The van der Waals surface area contributed by atoms with Crippen LogP contribution in [0.5, 0.6) is 0 Å². The average Bonchev–Trinajstić information content (AvgIpc) is 2.87. The molecule has 0 aliphatic heterocycles. The predicted molar refractivity (Wildman–Crippen MR) is 94.3 cm³/mol. The number of benzene rings is 2. The summed E-state index contributed by atoms with van der Waals surface area (Å²) in [4.78, 5) is 34.7. The highest BCUT2D eigenvalue weighted by Gasteiger charge is 2.35. The van der Waals surface area contributed by atoms with Crippen molar-refractivity contribution in [3.8, 4) is 11.1 Å². The molecule has 8 heteroatoms. The van der Waals surface area contributed by atoms with E-state index < -0.39 is 15.6 Å². The van der Waals surface area contributed by atoms with Crippen molar-refractivity contribution in [2.45, 2.75) is 24.7 Å². The molecule has 0 amide bonds. The molecule has 0 unspecified atom stereocenters. The molecule has 2 aromatic carbocycles. The zero-order chi connectivity index (χ0) is 18.1. The van der Waals surface area contributed by atoms with Gasteiger partial charge in [-0.3, -0.25) is 25.0 Å². The van der Waals surface area contributed by atoms with E-state index in [1.807, 2.05) is 0 Å². The van der Waals surface area contributed by atoms with Gasteiger partial charge in [0.05, 0.1) is 15.4 Å². The van der Waals surface area contributed by atoms with E-state index in [1.54, 1.807) is 6.07 Å². The maximum absolute atomic E-state index is 12.7. The van der Waals surface area contributed by atoms with Crippen molar-refractivity contribution in [1.82, 2.24) is 0 Å². The normalized spacial score (nSPS) is 12.0. The summed E-state index contributed by atoms with van der Waals surface area (Å²) < 4.78 is 0. The minimum Gasteiger partial charge on any atom is -0.289 e. The number of carbonyl (C=O) groups excluding carboxylic acids is 1. The van der Waals surface area contributed by atoms with E-state index in [9.17, 15) is 25.0 Å². The Hall–Kier alpha value is -2.74. The molecule has 0 atom stereocenters. The topological polar surface area (TPSA) is 103 Å². The molecule has 0 fully saturated rings. The molecule has 0 saturated heterocycles. The fourth-order valence-corrected chi connectivity index (χ4v) is 3.89. The van der Waals surface area contributed by atoms with Crippen LogP contribution in [0.4, 0.5) is 11.4 Å². The fraction of sp³-hybridized carbons (Fsp3) is 0.235. The number of hydrogen-bond donors (Lipinski definition) is 0. The molecule has 128 valence electrons. The molecule has 0 heterocycles. The zero-order valence-electron chi connectivity index (χ0n) is 13.4. The molecular formula is C17H14N2O5S. The maximum Gasteiger partial charge on any atom is 0.279 e. The van der Waals surface area contributed by atoms with Gasteiger partial charge < -0.3 is 0 Å². The second-order valence-corrected chi connectivity index (χ2v) is 6.81.